The van der Waals surface area contributed by atoms with Gasteiger partial charge in [-0.3, -0.25) is 0 Å². The Morgan fingerprint density at radius 2 is 2.29 bits per heavy atom. The Hall–Kier alpha value is -0.610. The summed E-state index contributed by atoms with van der Waals surface area (Å²) in [5.74, 6) is 0.205. The SMILES string of the molecule is OC1CCCOc2cc(Br)c(F)cc21. The highest BCUT2D eigenvalue weighted by molar-refractivity contribution is 9.10. The summed E-state index contributed by atoms with van der Waals surface area (Å²) in [4.78, 5) is 0. The van der Waals surface area contributed by atoms with Gasteiger partial charge in [0.25, 0.3) is 0 Å². The molecule has 1 unspecified atom stereocenters. The molecule has 0 saturated heterocycles. The summed E-state index contributed by atoms with van der Waals surface area (Å²) in [6.07, 6.45) is 0.790. The van der Waals surface area contributed by atoms with E-state index in [2.05, 4.69) is 15.9 Å². The smallest absolute Gasteiger partial charge is 0.138 e. The van der Waals surface area contributed by atoms with Crippen LogP contribution in [0.15, 0.2) is 16.6 Å². The molecule has 1 N–H and O–H groups in total. The van der Waals surface area contributed by atoms with Crippen molar-refractivity contribution in [2.75, 3.05) is 6.61 Å². The molecule has 0 fully saturated rings. The van der Waals surface area contributed by atoms with Crippen LogP contribution in [-0.4, -0.2) is 11.7 Å². The molecule has 0 aliphatic carbocycles. The number of fused-ring (bicyclic) bond motifs is 1. The van der Waals surface area contributed by atoms with E-state index in [4.69, 9.17) is 4.74 Å². The van der Waals surface area contributed by atoms with Crippen molar-refractivity contribution in [1.82, 2.24) is 0 Å². The largest absolute Gasteiger partial charge is 0.493 e. The first kappa shape index (κ1) is 9.93. The van der Waals surface area contributed by atoms with Gasteiger partial charge in [-0.2, -0.15) is 0 Å². The lowest BCUT2D eigenvalue weighted by Crippen LogP contribution is -1.97. The molecular formula is C10H10BrFO2. The van der Waals surface area contributed by atoms with E-state index in [0.717, 1.165) is 6.42 Å². The number of aliphatic hydroxyl groups is 1. The van der Waals surface area contributed by atoms with Gasteiger partial charge in [0.05, 0.1) is 17.2 Å². The summed E-state index contributed by atoms with van der Waals surface area (Å²) in [5.41, 5.74) is 0.545. The first-order chi connectivity index (χ1) is 6.68. The number of benzene rings is 1. The van der Waals surface area contributed by atoms with E-state index in [0.29, 0.717) is 28.8 Å². The van der Waals surface area contributed by atoms with Gasteiger partial charge in [-0.05, 0) is 40.9 Å². The maximum Gasteiger partial charge on any atom is 0.138 e. The Labute approximate surface area is 89.8 Å². The predicted molar refractivity (Wildman–Crippen MR) is 53.8 cm³/mol. The highest BCUT2D eigenvalue weighted by Crippen LogP contribution is 2.34. The Kier molecular flexibility index (Phi) is 2.74. The standard InChI is InChI=1S/C10H10BrFO2/c11-7-5-10-6(4-8(7)12)9(13)2-1-3-14-10/h4-5,9,13H,1-3H2. The Morgan fingerprint density at radius 3 is 3.07 bits per heavy atom. The number of rotatable bonds is 0. The highest BCUT2D eigenvalue weighted by Gasteiger charge is 2.19. The summed E-state index contributed by atoms with van der Waals surface area (Å²) in [6.45, 7) is 0.572. The average Bonchev–Trinajstić information content (AvgIpc) is 2.31. The molecule has 0 aromatic heterocycles. The summed E-state index contributed by atoms with van der Waals surface area (Å²) in [5, 5.41) is 9.69. The average molecular weight is 261 g/mol. The van der Waals surface area contributed by atoms with Gasteiger partial charge < -0.3 is 9.84 Å². The molecule has 1 atom stereocenters. The van der Waals surface area contributed by atoms with Crippen molar-refractivity contribution in [2.24, 2.45) is 0 Å². The zero-order valence-corrected chi connectivity index (χ0v) is 9.05. The fraction of sp³-hybridized carbons (Fsp3) is 0.400. The molecule has 0 spiro atoms. The molecule has 14 heavy (non-hydrogen) atoms. The highest BCUT2D eigenvalue weighted by atomic mass is 79.9. The van der Waals surface area contributed by atoms with Crippen molar-refractivity contribution in [3.05, 3.63) is 28.0 Å². The van der Waals surface area contributed by atoms with Crippen LogP contribution in [0.5, 0.6) is 5.75 Å². The second-order valence-electron chi connectivity index (χ2n) is 3.31. The molecule has 0 amide bonds. The van der Waals surface area contributed by atoms with Crippen molar-refractivity contribution >= 4 is 15.9 Å². The first-order valence-corrected chi connectivity index (χ1v) is 5.27. The molecule has 4 heteroatoms. The van der Waals surface area contributed by atoms with Gasteiger partial charge in [0.1, 0.15) is 11.6 Å². The van der Waals surface area contributed by atoms with E-state index in [1.807, 2.05) is 0 Å². The zero-order chi connectivity index (χ0) is 10.1. The third kappa shape index (κ3) is 1.77. The zero-order valence-electron chi connectivity index (χ0n) is 7.46. The molecule has 0 radical (unpaired) electrons. The fourth-order valence-electron chi connectivity index (χ4n) is 1.54. The Balaban J connectivity index is 2.49. The van der Waals surface area contributed by atoms with E-state index in [1.165, 1.54) is 6.07 Å². The molecule has 1 aromatic carbocycles. The van der Waals surface area contributed by atoms with Crippen LogP contribution < -0.4 is 4.74 Å². The maximum atomic E-state index is 13.2. The van der Waals surface area contributed by atoms with Crippen LogP contribution in [0.1, 0.15) is 24.5 Å². The lowest BCUT2D eigenvalue weighted by atomic mass is 10.1. The molecule has 76 valence electrons. The van der Waals surface area contributed by atoms with E-state index >= 15 is 0 Å². The van der Waals surface area contributed by atoms with Crippen molar-refractivity contribution in [1.29, 1.82) is 0 Å². The van der Waals surface area contributed by atoms with Gasteiger partial charge in [-0.1, -0.05) is 0 Å². The summed E-state index contributed by atoms with van der Waals surface area (Å²) >= 11 is 3.08. The van der Waals surface area contributed by atoms with Gasteiger partial charge in [-0.15, -0.1) is 0 Å². The predicted octanol–water partition coefficient (Wildman–Crippen LogP) is 2.79. The quantitative estimate of drug-likeness (QED) is 0.778. The molecule has 1 aliphatic heterocycles. The Morgan fingerprint density at radius 1 is 1.50 bits per heavy atom. The van der Waals surface area contributed by atoms with Gasteiger partial charge in [0, 0.05) is 5.56 Å². The minimum absolute atomic E-state index is 0.366. The van der Waals surface area contributed by atoms with Gasteiger partial charge in [0.15, 0.2) is 0 Å². The number of aliphatic hydroxyl groups excluding tert-OH is 1. The molecular weight excluding hydrogens is 251 g/mol. The van der Waals surface area contributed by atoms with Crippen molar-refractivity contribution in [3.63, 3.8) is 0 Å². The van der Waals surface area contributed by atoms with Gasteiger partial charge >= 0.3 is 0 Å². The summed E-state index contributed by atoms with van der Waals surface area (Å²) in [7, 11) is 0. The third-order valence-corrected chi connectivity index (χ3v) is 2.90. The van der Waals surface area contributed by atoms with E-state index < -0.39 is 6.10 Å². The Bertz CT molecular complexity index is 354. The molecule has 2 rings (SSSR count). The topological polar surface area (TPSA) is 29.5 Å². The molecule has 0 saturated carbocycles. The normalized spacial score (nSPS) is 20.9. The number of halogens is 2. The van der Waals surface area contributed by atoms with Crippen molar-refractivity contribution < 1.29 is 14.2 Å². The number of hydrogen-bond acceptors (Lipinski definition) is 2. The summed E-state index contributed by atoms with van der Waals surface area (Å²) < 4.78 is 19.0. The van der Waals surface area contributed by atoms with Crippen LogP contribution >= 0.6 is 15.9 Å². The third-order valence-electron chi connectivity index (χ3n) is 2.29. The number of ether oxygens (including phenoxy) is 1. The van der Waals surface area contributed by atoms with Crippen molar-refractivity contribution in [3.8, 4) is 5.75 Å². The van der Waals surface area contributed by atoms with E-state index in [-0.39, 0.29) is 5.82 Å². The van der Waals surface area contributed by atoms with Crippen LogP contribution in [-0.2, 0) is 0 Å². The van der Waals surface area contributed by atoms with Crippen LogP contribution in [0.2, 0.25) is 0 Å². The first-order valence-electron chi connectivity index (χ1n) is 4.48. The molecule has 1 aromatic rings. The van der Waals surface area contributed by atoms with Gasteiger partial charge in [0.2, 0.25) is 0 Å². The minimum atomic E-state index is -0.616. The molecule has 1 aliphatic rings. The van der Waals surface area contributed by atoms with E-state index in [9.17, 15) is 9.50 Å². The second kappa shape index (κ2) is 3.87. The van der Waals surface area contributed by atoms with Crippen molar-refractivity contribution in [2.45, 2.75) is 18.9 Å². The second-order valence-corrected chi connectivity index (χ2v) is 4.16. The monoisotopic (exact) mass is 260 g/mol. The fourth-order valence-corrected chi connectivity index (χ4v) is 1.87. The summed E-state index contributed by atoms with van der Waals surface area (Å²) in [6, 6.07) is 2.90. The van der Waals surface area contributed by atoms with Crippen LogP contribution in [0, 0.1) is 5.82 Å². The van der Waals surface area contributed by atoms with E-state index in [1.54, 1.807) is 6.07 Å². The van der Waals surface area contributed by atoms with Gasteiger partial charge in [-0.25, -0.2) is 4.39 Å². The number of hydrogen-bond donors (Lipinski definition) is 1. The molecule has 2 nitrogen and oxygen atoms in total. The maximum absolute atomic E-state index is 13.2. The van der Waals surface area contributed by atoms with Crippen LogP contribution in [0.25, 0.3) is 0 Å². The van der Waals surface area contributed by atoms with Crippen LogP contribution in [0.3, 0.4) is 0 Å². The lowest BCUT2D eigenvalue weighted by Gasteiger charge is -2.11. The van der Waals surface area contributed by atoms with Crippen LogP contribution in [0.4, 0.5) is 4.39 Å². The molecule has 0 bridgehead atoms. The lowest BCUT2D eigenvalue weighted by molar-refractivity contribution is 0.167. The minimum Gasteiger partial charge on any atom is -0.493 e. The molecule has 1 heterocycles.